The fourth-order valence-electron chi connectivity index (χ4n) is 2.99. The Morgan fingerprint density at radius 1 is 1.26 bits per heavy atom. The highest BCUT2D eigenvalue weighted by atomic mass is 32.2. The lowest BCUT2D eigenvalue weighted by Crippen LogP contribution is -2.55. The van der Waals surface area contributed by atoms with E-state index >= 15 is 0 Å². The topological polar surface area (TPSA) is 55.8 Å². The van der Waals surface area contributed by atoms with Crippen LogP contribution in [0.25, 0.3) is 0 Å². The average Bonchev–Trinajstić information content (AvgIpc) is 2.85. The highest BCUT2D eigenvalue weighted by molar-refractivity contribution is 8.24. The molecule has 1 aliphatic rings. The van der Waals surface area contributed by atoms with Gasteiger partial charge in [0.25, 0.3) is 0 Å². The minimum atomic E-state index is -0.677. The standard InChI is InChI=1S/C19H20FN3O2S2/c1-19(2)16(23(25)17(24)21-15-6-4-3-5-7-15)22(18(26)27-19)12-13-8-10-14(20)11-9-13/h3-11,16,25H,12H2,1-2H3,(H,21,24)/t16-/m1/s1. The summed E-state index contributed by atoms with van der Waals surface area (Å²) in [5.74, 6) is -0.319. The highest BCUT2D eigenvalue weighted by Crippen LogP contribution is 2.43. The zero-order valence-corrected chi connectivity index (χ0v) is 16.6. The summed E-state index contributed by atoms with van der Waals surface area (Å²) in [6, 6.07) is 14.3. The van der Waals surface area contributed by atoms with Crippen LogP contribution in [0.1, 0.15) is 19.4 Å². The van der Waals surface area contributed by atoms with Gasteiger partial charge in [0.1, 0.15) is 16.3 Å². The van der Waals surface area contributed by atoms with Crippen molar-refractivity contribution in [2.45, 2.75) is 31.3 Å². The summed E-state index contributed by atoms with van der Waals surface area (Å²) in [6.07, 6.45) is -0.677. The zero-order chi connectivity index (χ0) is 19.6. The van der Waals surface area contributed by atoms with Gasteiger partial charge in [0.05, 0.1) is 4.75 Å². The van der Waals surface area contributed by atoms with Crippen LogP contribution in [-0.4, -0.2) is 36.4 Å². The Kier molecular flexibility index (Phi) is 5.69. The van der Waals surface area contributed by atoms with Crippen molar-refractivity contribution in [3.8, 4) is 0 Å². The molecule has 0 radical (unpaired) electrons. The highest BCUT2D eigenvalue weighted by Gasteiger charge is 2.49. The molecule has 2 N–H and O–H groups in total. The molecule has 0 aliphatic carbocycles. The van der Waals surface area contributed by atoms with Crippen LogP contribution in [0.5, 0.6) is 0 Å². The van der Waals surface area contributed by atoms with Gasteiger partial charge in [-0.25, -0.2) is 9.18 Å². The van der Waals surface area contributed by atoms with Gasteiger partial charge in [0.15, 0.2) is 0 Å². The van der Waals surface area contributed by atoms with E-state index in [0.717, 1.165) is 5.56 Å². The van der Waals surface area contributed by atoms with Gasteiger partial charge in [-0.2, -0.15) is 5.06 Å². The van der Waals surface area contributed by atoms with Crippen molar-refractivity contribution < 1.29 is 14.4 Å². The lowest BCUT2D eigenvalue weighted by atomic mass is 10.1. The fraction of sp³-hybridized carbons (Fsp3) is 0.263. The summed E-state index contributed by atoms with van der Waals surface area (Å²) >= 11 is 6.89. The summed E-state index contributed by atoms with van der Waals surface area (Å²) in [5.41, 5.74) is 1.41. The minimum Gasteiger partial charge on any atom is -0.329 e. The number of para-hydroxylation sites is 1. The Morgan fingerprint density at radius 3 is 2.52 bits per heavy atom. The van der Waals surface area contributed by atoms with Crippen molar-refractivity contribution >= 4 is 40.0 Å². The van der Waals surface area contributed by atoms with Crippen LogP contribution in [0.2, 0.25) is 0 Å². The molecule has 142 valence electrons. The number of hydrogen-bond donors (Lipinski definition) is 2. The number of rotatable bonds is 4. The summed E-state index contributed by atoms with van der Waals surface area (Å²) in [6.45, 7) is 4.19. The number of halogens is 1. The first-order valence-corrected chi connectivity index (χ1v) is 9.58. The molecule has 0 unspecified atom stereocenters. The Labute approximate surface area is 167 Å². The van der Waals surface area contributed by atoms with Gasteiger partial charge in [0.2, 0.25) is 0 Å². The van der Waals surface area contributed by atoms with Crippen LogP contribution in [-0.2, 0) is 6.54 Å². The van der Waals surface area contributed by atoms with Crippen molar-refractivity contribution in [3.63, 3.8) is 0 Å². The smallest absolute Gasteiger partial charge is 0.329 e. The molecule has 8 heteroatoms. The monoisotopic (exact) mass is 405 g/mol. The second-order valence-corrected chi connectivity index (χ2v) is 9.03. The Morgan fingerprint density at radius 2 is 1.89 bits per heavy atom. The Bertz CT molecular complexity index is 831. The Balaban J connectivity index is 1.81. The molecular weight excluding hydrogens is 385 g/mol. The molecule has 2 amide bonds. The number of nitrogens with one attached hydrogen (secondary N) is 1. The number of hydroxylamine groups is 2. The first-order chi connectivity index (χ1) is 12.8. The zero-order valence-electron chi connectivity index (χ0n) is 14.9. The van der Waals surface area contributed by atoms with Crippen molar-refractivity contribution in [1.29, 1.82) is 0 Å². The lowest BCUT2D eigenvalue weighted by molar-refractivity contribution is -0.115. The van der Waals surface area contributed by atoms with E-state index in [-0.39, 0.29) is 5.82 Å². The van der Waals surface area contributed by atoms with Crippen molar-refractivity contribution in [2.24, 2.45) is 0 Å². The second kappa shape index (κ2) is 7.84. The van der Waals surface area contributed by atoms with E-state index in [2.05, 4.69) is 5.32 Å². The third-order valence-corrected chi connectivity index (χ3v) is 5.86. The quantitative estimate of drug-likeness (QED) is 0.439. The maximum atomic E-state index is 13.2. The van der Waals surface area contributed by atoms with Crippen LogP contribution in [0.15, 0.2) is 54.6 Å². The van der Waals surface area contributed by atoms with Crippen molar-refractivity contribution in [3.05, 3.63) is 66.0 Å². The predicted octanol–water partition coefficient (Wildman–Crippen LogP) is 4.69. The number of benzene rings is 2. The maximum absolute atomic E-state index is 13.2. The number of anilines is 1. The SMILES string of the molecule is CC1(C)SC(=S)N(Cc2ccc(F)cc2)[C@@H]1N(O)C(=O)Nc1ccccc1. The molecule has 0 saturated carbocycles. The third-order valence-electron chi connectivity index (χ3n) is 4.23. The van der Waals surface area contributed by atoms with E-state index in [4.69, 9.17) is 12.2 Å². The van der Waals surface area contributed by atoms with E-state index in [9.17, 15) is 14.4 Å². The van der Waals surface area contributed by atoms with Gasteiger partial charge >= 0.3 is 6.03 Å². The number of amides is 2. The summed E-state index contributed by atoms with van der Waals surface area (Å²) in [7, 11) is 0. The number of carbonyl (C=O) groups excluding carboxylic acids is 1. The predicted molar refractivity (Wildman–Crippen MR) is 109 cm³/mol. The summed E-state index contributed by atoms with van der Waals surface area (Å²) < 4.78 is 13.2. The van der Waals surface area contributed by atoms with Crippen LogP contribution in [0.3, 0.4) is 0 Å². The minimum absolute atomic E-state index is 0.319. The average molecular weight is 406 g/mol. The van der Waals surface area contributed by atoms with E-state index in [0.29, 0.717) is 21.6 Å². The maximum Gasteiger partial charge on any atom is 0.347 e. The Hall–Kier alpha value is -2.16. The molecule has 1 fully saturated rings. The number of thioether (sulfide) groups is 1. The first-order valence-electron chi connectivity index (χ1n) is 8.36. The molecule has 1 heterocycles. The molecule has 1 aliphatic heterocycles. The van der Waals surface area contributed by atoms with Crippen LogP contribution >= 0.6 is 24.0 Å². The van der Waals surface area contributed by atoms with Gasteiger partial charge in [-0.1, -0.05) is 54.3 Å². The first kappa shape index (κ1) is 19.6. The van der Waals surface area contributed by atoms with Crippen LogP contribution in [0.4, 0.5) is 14.9 Å². The third kappa shape index (κ3) is 4.40. The van der Waals surface area contributed by atoms with Gasteiger partial charge in [0, 0.05) is 12.2 Å². The van der Waals surface area contributed by atoms with E-state index in [1.165, 1.54) is 23.9 Å². The normalized spacial score (nSPS) is 18.4. The molecule has 27 heavy (non-hydrogen) atoms. The van der Waals surface area contributed by atoms with Gasteiger partial charge in [-0.3, -0.25) is 5.21 Å². The number of hydrogen-bond acceptors (Lipinski definition) is 4. The van der Waals surface area contributed by atoms with Crippen LogP contribution in [0, 0.1) is 5.82 Å². The second-order valence-electron chi connectivity index (χ2n) is 6.74. The van der Waals surface area contributed by atoms with Gasteiger partial charge in [-0.05, 0) is 43.7 Å². The molecule has 3 rings (SSSR count). The molecule has 0 spiro atoms. The molecule has 0 bridgehead atoms. The van der Waals surface area contributed by atoms with Gasteiger partial charge in [-0.15, -0.1) is 0 Å². The molecule has 1 atom stereocenters. The van der Waals surface area contributed by atoms with Crippen molar-refractivity contribution in [1.82, 2.24) is 9.96 Å². The van der Waals surface area contributed by atoms with Gasteiger partial charge < -0.3 is 10.2 Å². The summed E-state index contributed by atoms with van der Waals surface area (Å²) in [4.78, 5) is 14.3. The molecule has 2 aromatic carbocycles. The largest absolute Gasteiger partial charge is 0.347 e. The van der Waals surface area contributed by atoms with E-state index in [1.807, 2.05) is 19.9 Å². The van der Waals surface area contributed by atoms with Crippen molar-refractivity contribution in [2.75, 3.05) is 5.32 Å². The van der Waals surface area contributed by atoms with Crippen LogP contribution < -0.4 is 5.32 Å². The molecular formula is C19H20FN3O2S2. The van der Waals surface area contributed by atoms with E-state index in [1.54, 1.807) is 41.3 Å². The summed E-state index contributed by atoms with van der Waals surface area (Å²) in [5, 5.41) is 14.0. The van der Waals surface area contributed by atoms with E-state index < -0.39 is 16.9 Å². The fourth-order valence-corrected chi connectivity index (χ4v) is 4.86. The molecule has 5 nitrogen and oxygen atoms in total. The number of thiocarbonyl (C=S) groups is 1. The molecule has 1 saturated heterocycles. The number of urea groups is 1. The molecule has 0 aromatic heterocycles. The molecule has 2 aromatic rings. The number of carbonyl (C=O) groups is 1. The lowest BCUT2D eigenvalue weighted by Gasteiger charge is -2.36. The number of nitrogens with zero attached hydrogens (tertiary/aromatic N) is 2.